The number of aromatic nitrogens is 2. The van der Waals surface area contributed by atoms with E-state index in [1.165, 1.54) is 19.2 Å². The number of amides is 1. The summed E-state index contributed by atoms with van der Waals surface area (Å²) in [5, 5.41) is 5.65. The van der Waals surface area contributed by atoms with Gasteiger partial charge in [0.05, 0.1) is 17.7 Å². The van der Waals surface area contributed by atoms with E-state index >= 15 is 0 Å². The zero-order chi connectivity index (χ0) is 22.8. The highest BCUT2D eigenvalue weighted by Gasteiger charge is 2.39. The van der Waals surface area contributed by atoms with Crippen molar-refractivity contribution in [2.75, 3.05) is 0 Å². The highest BCUT2D eigenvalue weighted by atomic mass is 19.4. The van der Waals surface area contributed by atoms with Crippen molar-refractivity contribution in [1.82, 2.24) is 15.1 Å². The topological polar surface area (TPSA) is 56.2 Å². The largest absolute Gasteiger partial charge is 0.439 e. The van der Waals surface area contributed by atoms with Crippen LogP contribution in [0.5, 0.6) is 11.6 Å². The number of para-hydroxylation sites is 1. The van der Waals surface area contributed by atoms with Crippen LogP contribution in [-0.4, -0.2) is 15.7 Å². The van der Waals surface area contributed by atoms with Gasteiger partial charge in [-0.25, -0.2) is 4.68 Å². The number of nitrogens with zero attached hydrogens (tertiary/aromatic N) is 2. The molecule has 0 aliphatic heterocycles. The Hall–Kier alpha value is -3.50. The number of alkyl halides is 6. The van der Waals surface area contributed by atoms with Gasteiger partial charge in [0, 0.05) is 12.6 Å². The van der Waals surface area contributed by atoms with Crippen LogP contribution in [-0.2, 0) is 25.9 Å². The van der Waals surface area contributed by atoms with Crippen molar-refractivity contribution in [3.05, 3.63) is 77.0 Å². The number of carbonyl (C=O) groups is 1. The number of aryl methyl sites for hydroxylation is 1. The fourth-order valence-electron chi connectivity index (χ4n) is 2.77. The molecule has 3 aromatic rings. The minimum atomic E-state index is -4.84. The first-order chi connectivity index (χ1) is 14.5. The van der Waals surface area contributed by atoms with E-state index in [1.54, 1.807) is 18.2 Å². The van der Waals surface area contributed by atoms with Crippen LogP contribution in [0, 0.1) is 0 Å². The standard InChI is InChI=1S/C20H15F6N3O2/c1-29-18(31-14-8-3-2-4-9-14)15(16(28-29)20(24,25)26)11-27-17(30)12-6-5-7-13(10-12)19(21,22)23/h2-10H,11H2,1H3,(H,27,30). The summed E-state index contributed by atoms with van der Waals surface area (Å²) in [6, 6.07) is 11.5. The molecular formula is C20H15F6N3O2. The van der Waals surface area contributed by atoms with Crippen LogP contribution in [0.2, 0.25) is 0 Å². The minimum Gasteiger partial charge on any atom is -0.439 e. The molecule has 11 heteroatoms. The van der Waals surface area contributed by atoms with Gasteiger partial charge in [-0.2, -0.15) is 31.4 Å². The normalized spacial score (nSPS) is 12.0. The van der Waals surface area contributed by atoms with Crippen LogP contribution >= 0.6 is 0 Å². The lowest BCUT2D eigenvalue weighted by Gasteiger charge is -2.12. The van der Waals surface area contributed by atoms with E-state index in [9.17, 15) is 31.1 Å². The molecule has 0 bridgehead atoms. The number of carbonyl (C=O) groups excluding carboxylic acids is 1. The number of rotatable bonds is 5. The number of nitrogens with one attached hydrogen (secondary N) is 1. The summed E-state index contributed by atoms with van der Waals surface area (Å²) in [5.41, 5.74) is -3.13. The highest BCUT2D eigenvalue weighted by molar-refractivity contribution is 5.94. The SMILES string of the molecule is Cn1nc(C(F)(F)F)c(CNC(=O)c2cccc(C(F)(F)F)c2)c1Oc1ccccc1. The molecule has 0 saturated heterocycles. The Balaban J connectivity index is 1.89. The summed E-state index contributed by atoms with van der Waals surface area (Å²) in [6.45, 7) is -0.667. The van der Waals surface area contributed by atoms with E-state index in [0.29, 0.717) is 6.07 Å². The first kappa shape index (κ1) is 22.2. The van der Waals surface area contributed by atoms with Crippen molar-refractivity contribution in [3.63, 3.8) is 0 Å². The maximum absolute atomic E-state index is 13.4. The predicted octanol–water partition coefficient (Wildman–Crippen LogP) is 5.18. The van der Waals surface area contributed by atoms with Crippen molar-refractivity contribution in [2.24, 2.45) is 7.05 Å². The lowest BCUT2D eigenvalue weighted by molar-refractivity contribution is -0.142. The first-order valence-electron chi connectivity index (χ1n) is 8.78. The van der Waals surface area contributed by atoms with E-state index in [2.05, 4.69) is 10.4 Å². The summed E-state index contributed by atoms with van der Waals surface area (Å²) in [7, 11) is 1.24. The summed E-state index contributed by atoms with van der Waals surface area (Å²) in [4.78, 5) is 12.3. The molecule has 31 heavy (non-hydrogen) atoms. The molecule has 1 amide bonds. The second-order valence-corrected chi connectivity index (χ2v) is 6.43. The molecule has 3 rings (SSSR count). The maximum atomic E-state index is 13.4. The molecule has 164 valence electrons. The molecular weight excluding hydrogens is 428 g/mol. The van der Waals surface area contributed by atoms with Crippen LogP contribution < -0.4 is 10.1 Å². The third-order valence-corrected chi connectivity index (χ3v) is 4.19. The summed E-state index contributed by atoms with van der Waals surface area (Å²) >= 11 is 0. The first-order valence-corrected chi connectivity index (χ1v) is 8.78. The Labute approximate surface area is 172 Å². The maximum Gasteiger partial charge on any atom is 0.435 e. The molecule has 1 aromatic heterocycles. The molecule has 1 heterocycles. The Bertz CT molecular complexity index is 1070. The Morgan fingerprint density at radius 3 is 2.29 bits per heavy atom. The van der Waals surface area contributed by atoms with Gasteiger partial charge >= 0.3 is 12.4 Å². The lowest BCUT2D eigenvalue weighted by Crippen LogP contribution is -2.25. The minimum absolute atomic E-state index is 0.240. The van der Waals surface area contributed by atoms with Gasteiger partial charge in [-0.15, -0.1) is 0 Å². The van der Waals surface area contributed by atoms with Crippen molar-refractivity contribution in [1.29, 1.82) is 0 Å². The third-order valence-electron chi connectivity index (χ3n) is 4.19. The van der Waals surface area contributed by atoms with Gasteiger partial charge in [0.15, 0.2) is 5.69 Å². The van der Waals surface area contributed by atoms with Gasteiger partial charge < -0.3 is 10.1 Å². The summed E-state index contributed by atoms with van der Waals surface area (Å²) in [5.74, 6) is -0.999. The number of hydrogen-bond acceptors (Lipinski definition) is 3. The Morgan fingerprint density at radius 1 is 1.00 bits per heavy atom. The quantitative estimate of drug-likeness (QED) is 0.553. The monoisotopic (exact) mass is 443 g/mol. The molecule has 0 radical (unpaired) electrons. The molecule has 0 fully saturated rings. The van der Waals surface area contributed by atoms with Gasteiger partial charge in [0.25, 0.3) is 5.91 Å². The second kappa shape index (κ2) is 8.32. The smallest absolute Gasteiger partial charge is 0.435 e. The van der Waals surface area contributed by atoms with E-state index in [-0.39, 0.29) is 17.2 Å². The second-order valence-electron chi connectivity index (χ2n) is 6.43. The number of hydrogen-bond donors (Lipinski definition) is 1. The zero-order valence-electron chi connectivity index (χ0n) is 15.9. The fraction of sp³-hybridized carbons (Fsp3) is 0.200. The number of ether oxygens (including phenoxy) is 1. The van der Waals surface area contributed by atoms with Gasteiger partial charge in [0.1, 0.15) is 5.75 Å². The number of halogens is 6. The average Bonchev–Trinajstić information content (AvgIpc) is 3.02. The van der Waals surface area contributed by atoms with Crippen molar-refractivity contribution < 1.29 is 35.9 Å². The zero-order valence-corrected chi connectivity index (χ0v) is 15.9. The molecule has 5 nitrogen and oxygen atoms in total. The lowest BCUT2D eigenvalue weighted by atomic mass is 10.1. The Morgan fingerprint density at radius 2 is 1.68 bits per heavy atom. The third kappa shape index (κ3) is 5.16. The van der Waals surface area contributed by atoms with Gasteiger partial charge in [0.2, 0.25) is 5.88 Å². The molecule has 0 saturated carbocycles. The summed E-state index contributed by atoms with van der Waals surface area (Å²) < 4.78 is 85.3. The predicted molar refractivity (Wildman–Crippen MR) is 97.3 cm³/mol. The fourth-order valence-corrected chi connectivity index (χ4v) is 2.77. The highest BCUT2D eigenvalue weighted by Crippen LogP contribution is 2.37. The van der Waals surface area contributed by atoms with Gasteiger partial charge in [-0.05, 0) is 30.3 Å². The van der Waals surface area contributed by atoms with Crippen molar-refractivity contribution >= 4 is 5.91 Å². The molecule has 0 aliphatic carbocycles. The van der Waals surface area contributed by atoms with Crippen LogP contribution in [0.25, 0.3) is 0 Å². The van der Waals surface area contributed by atoms with Crippen LogP contribution in [0.1, 0.15) is 27.2 Å². The molecule has 1 N–H and O–H groups in total. The number of benzene rings is 2. The van der Waals surface area contributed by atoms with Crippen molar-refractivity contribution in [2.45, 2.75) is 18.9 Å². The molecule has 0 spiro atoms. The average molecular weight is 443 g/mol. The molecule has 0 atom stereocenters. The summed E-state index contributed by atoms with van der Waals surface area (Å²) in [6.07, 6.45) is -9.51. The van der Waals surface area contributed by atoms with Crippen LogP contribution in [0.3, 0.4) is 0 Å². The van der Waals surface area contributed by atoms with Crippen LogP contribution in [0.15, 0.2) is 54.6 Å². The molecule has 0 unspecified atom stereocenters. The van der Waals surface area contributed by atoms with Crippen molar-refractivity contribution in [3.8, 4) is 11.6 Å². The van der Waals surface area contributed by atoms with E-state index in [4.69, 9.17) is 4.74 Å². The molecule has 0 aliphatic rings. The Kier molecular flexibility index (Phi) is 5.96. The van der Waals surface area contributed by atoms with Gasteiger partial charge in [-0.3, -0.25) is 4.79 Å². The van der Waals surface area contributed by atoms with E-state index in [0.717, 1.165) is 22.9 Å². The molecule has 2 aromatic carbocycles. The van der Waals surface area contributed by atoms with E-state index in [1.807, 2.05) is 0 Å². The van der Waals surface area contributed by atoms with E-state index < -0.39 is 41.6 Å². The van der Waals surface area contributed by atoms with Crippen LogP contribution in [0.4, 0.5) is 26.3 Å². The van der Waals surface area contributed by atoms with Gasteiger partial charge in [-0.1, -0.05) is 24.3 Å².